The first kappa shape index (κ1) is 20.0. The highest BCUT2D eigenvalue weighted by Crippen LogP contribution is 2.24. The van der Waals surface area contributed by atoms with Gasteiger partial charge in [0, 0.05) is 36.8 Å². The van der Waals surface area contributed by atoms with E-state index in [1.807, 2.05) is 4.90 Å². The van der Waals surface area contributed by atoms with Crippen LogP contribution in [0.3, 0.4) is 0 Å². The van der Waals surface area contributed by atoms with Crippen molar-refractivity contribution in [1.29, 1.82) is 0 Å². The predicted molar refractivity (Wildman–Crippen MR) is 105 cm³/mol. The molecule has 2 atom stereocenters. The van der Waals surface area contributed by atoms with E-state index in [9.17, 15) is 18.8 Å². The van der Waals surface area contributed by atoms with E-state index < -0.39 is 6.17 Å². The monoisotopic (exact) mass is 415 g/mol. The second-order valence-corrected chi connectivity index (χ2v) is 7.52. The molecule has 0 spiro atoms. The maximum absolute atomic E-state index is 14.0. The second-order valence-electron chi connectivity index (χ2n) is 7.52. The van der Waals surface area contributed by atoms with Crippen LogP contribution >= 0.6 is 0 Å². The van der Waals surface area contributed by atoms with Gasteiger partial charge in [-0.2, -0.15) is 0 Å². The Morgan fingerprint density at radius 2 is 2.23 bits per heavy atom. The zero-order valence-electron chi connectivity index (χ0n) is 16.4. The average Bonchev–Trinajstić information content (AvgIpc) is 3.24. The zero-order chi connectivity index (χ0) is 21.3. The number of hydrogen-bond acceptors (Lipinski definition) is 6. The van der Waals surface area contributed by atoms with Crippen LogP contribution in [0.2, 0.25) is 0 Å². The summed E-state index contributed by atoms with van der Waals surface area (Å²) >= 11 is 0. The van der Waals surface area contributed by atoms with E-state index in [2.05, 4.69) is 21.1 Å². The predicted octanol–water partition coefficient (Wildman–Crippen LogP) is 1.01. The molecule has 30 heavy (non-hydrogen) atoms. The number of likely N-dealkylation sites (tertiary alicyclic amines) is 1. The van der Waals surface area contributed by atoms with Crippen molar-refractivity contribution in [3.05, 3.63) is 46.8 Å². The first-order valence-corrected chi connectivity index (χ1v) is 9.69. The minimum atomic E-state index is -0.965. The Labute approximate surface area is 172 Å². The van der Waals surface area contributed by atoms with Crippen molar-refractivity contribution in [3.63, 3.8) is 0 Å². The molecule has 1 aromatic heterocycles. The molecule has 1 aromatic carbocycles. The van der Waals surface area contributed by atoms with Gasteiger partial charge < -0.3 is 20.5 Å². The van der Waals surface area contributed by atoms with Crippen LogP contribution in [-0.2, 0) is 11.3 Å². The summed E-state index contributed by atoms with van der Waals surface area (Å²) in [7, 11) is 0. The molecule has 1 fully saturated rings. The third-order valence-corrected chi connectivity index (χ3v) is 5.41. The molecule has 2 aliphatic heterocycles. The molecule has 158 valence electrons. The van der Waals surface area contributed by atoms with Crippen molar-refractivity contribution >= 4 is 23.4 Å². The van der Waals surface area contributed by atoms with Crippen LogP contribution in [0.25, 0.3) is 0 Å². The van der Waals surface area contributed by atoms with Gasteiger partial charge in [-0.3, -0.25) is 19.3 Å². The number of rotatable bonds is 5. The largest absolute Gasteiger partial charge is 0.361 e. The SMILES string of the molecule is Cc1oncc1CN1C[C@@H](F)C[C@H]1CNC(=O)c1ccc2c(c1)NC(=O)CNC2=O. The maximum atomic E-state index is 14.0. The quantitative estimate of drug-likeness (QED) is 0.671. The Morgan fingerprint density at radius 3 is 3.00 bits per heavy atom. The molecule has 4 rings (SSSR count). The second kappa shape index (κ2) is 8.23. The Bertz CT molecular complexity index is 991. The van der Waals surface area contributed by atoms with Crippen molar-refractivity contribution in [2.24, 2.45) is 0 Å². The number of benzene rings is 1. The van der Waals surface area contributed by atoms with E-state index in [1.165, 1.54) is 18.2 Å². The lowest BCUT2D eigenvalue weighted by molar-refractivity contribution is -0.115. The lowest BCUT2D eigenvalue weighted by atomic mass is 10.1. The Morgan fingerprint density at radius 1 is 1.40 bits per heavy atom. The normalized spacial score (nSPS) is 21.5. The summed E-state index contributed by atoms with van der Waals surface area (Å²) < 4.78 is 19.1. The van der Waals surface area contributed by atoms with E-state index in [1.54, 1.807) is 13.1 Å². The molecule has 2 aromatic rings. The van der Waals surface area contributed by atoms with Gasteiger partial charge in [0.15, 0.2) is 0 Å². The molecular weight excluding hydrogens is 393 g/mol. The minimum absolute atomic E-state index is 0.122. The van der Waals surface area contributed by atoms with E-state index in [0.717, 1.165) is 5.56 Å². The summed E-state index contributed by atoms with van der Waals surface area (Å²) in [4.78, 5) is 38.3. The lowest BCUT2D eigenvalue weighted by Gasteiger charge is -2.23. The summed E-state index contributed by atoms with van der Waals surface area (Å²) in [6, 6.07) is 4.33. The van der Waals surface area contributed by atoms with Gasteiger partial charge in [0.2, 0.25) is 5.91 Å². The Balaban J connectivity index is 1.42. The van der Waals surface area contributed by atoms with E-state index in [4.69, 9.17) is 4.52 Å². The van der Waals surface area contributed by atoms with Crippen LogP contribution in [0.5, 0.6) is 0 Å². The van der Waals surface area contributed by atoms with Crippen LogP contribution in [0.1, 0.15) is 38.5 Å². The van der Waals surface area contributed by atoms with Gasteiger partial charge in [0.05, 0.1) is 24.0 Å². The highest BCUT2D eigenvalue weighted by Gasteiger charge is 2.33. The van der Waals surface area contributed by atoms with Crippen LogP contribution in [-0.4, -0.2) is 59.6 Å². The fourth-order valence-electron chi connectivity index (χ4n) is 3.77. The van der Waals surface area contributed by atoms with Crippen molar-refractivity contribution in [3.8, 4) is 0 Å². The molecule has 3 amide bonds. The Kier molecular flexibility index (Phi) is 5.49. The van der Waals surface area contributed by atoms with Gasteiger partial charge in [-0.1, -0.05) is 5.16 Å². The summed E-state index contributed by atoms with van der Waals surface area (Å²) in [5.41, 5.74) is 1.78. The van der Waals surface area contributed by atoms with Crippen molar-refractivity contribution in [2.45, 2.75) is 32.1 Å². The number of carbonyl (C=O) groups excluding carboxylic acids is 3. The molecular formula is C20H22FN5O4. The van der Waals surface area contributed by atoms with Gasteiger partial charge in [0.25, 0.3) is 11.8 Å². The molecule has 10 heteroatoms. The first-order valence-electron chi connectivity index (χ1n) is 9.69. The fraction of sp³-hybridized carbons (Fsp3) is 0.400. The first-order chi connectivity index (χ1) is 14.4. The molecule has 3 N–H and O–H groups in total. The molecule has 1 saturated heterocycles. The maximum Gasteiger partial charge on any atom is 0.253 e. The van der Waals surface area contributed by atoms with Gasteiger partial charge in [-0.15, -0.1) is 0 Å². The lowest BCUT2D eigenvalue weighted by Crippen LogP contribution is -2.39. The van der Waals surface area contributed by atoms with E-state index in [-0.39, 0.29) is 49.1 Å². The van der Waals surface area contributed by atoms with Gasteiger partial charge >= 0.3 is 0 Å². The topological polar surface area (TPSA) is 117 Å². The number of anilines is 1. The van der Waals surface area contributed by atoms with Gasteiger partial charge in [0.1, 0.15) is 11.9 Å². The number of nitrogens with zero attached hydrogens (tertiary/aromatic N) is 2. The minimum Gasteiger partial charge on any atom is -0.361 e. The van der Waals surface area contributed by atoms with Crippen molar-refractivity contribution < 1.29 is 23.3 Å². The number of alkyl halides is 1. The number of hydrogen-bond donors (Lipinski definition) is 3. The number of aromatic nitrogens is 1. The molecule has 2 aliphatic rings. The smallest absolute Gasteiger partial charge is 0.253 e. The van der Waals surface area contributed by atoms with Crippen LogP contribution in [0.15, 0.2) is 28.9 Å². The zero-order valence-corrected chi connectivity index (χ0v) is 16.4. The number of aryl methyl sites for hydroxylation is 1. The van der Waals surface area contributed by atoms with Gasteiger partial charge in [-0.25, -0.2) is 4.39 Å². The third-order valence-electron chi connectivity index (χ3n) is 5.41. The third kappa shape index (κ3) is 4.18. The highest BCUT2D eigenvalue weighted by molar-refractivity contribution is 6.09. The molecule has 0 saturated carbocycles. The van der Waals surface area contributed by atoms with E-state index >= 15 is 0 Å². The fourth-order valence-corrected chi connectivity index (χ4v) is 3.77. The molecule has 0 aliphatic carbocycles. The number of fused-ring (bicyclic) bond motifs is 1. The Hall–Kier alpha value is -3.27. The van der Waals surface area contributed by atoms with Crippen molar-refractivity contribution in [2.75, 3.05) is 25.0 Å². The standard InChI is InChI=1S/C20H22FN5O4/c1-11-13(6-24-30-11)9-26-10-14(21)5-15(26)7-22-19(28)12-2-3-16-17(4-12)25-18(27)8-23-20(16)29/h2-4,6,14-15H,5,7-10H2,1H3,(H,22,28)(H,23,29)(H,25,27)/t14-,15-/m0/s1. The summed E-state index contributed by atoms with van der Waals surface area (Å²) in [6.45, 7) is 2.73. The highest BCUT2D eigenvalue weighted by atomic mass is 19.1. The van der Waals surface area contributed by atoms with Crippen molar-refractivity contribution in [1.82, 2.24) is 20.7 Å². The number of halogens is 1. The number of nitrogens with one attached hydrogen (secondary N) is 3. The molecule has 0 unspecified atom stereocenters. The van der Waals surface area contributed by atoms with Crippen LogP contribution in [0.4, 0.5) is 10.1 Å². The summed E-state index contributed by atoms with van der Waals surface area (Å²) in [5.74, 6) is -0.412. The molecule has 0 radical (unpaired) electrons. The average molecular weight is 415 g/mol. The van der Waals surface area contributed by atoms with Gasteiger partial charge in [-0.05, 0) is 31.5 Å². The molecule has 0 bridgehead atoms. The number of carbonyl (C=O) groups is 3. The van der Waals surface area contributed by atoms with Crippen LogP contribution in [0, 0.1) is 6.92 Å². The summed E-state index contributed by atoms with van der Waals surface area (Å²) in [6.07, 6.45) is 0.982. The van der Waals surface area contributed by atoms with E-state index in [0.29, 0.717) is 29.9 Å². The molecule has 9 nitrogen and oxygen atoms in total. The number of amides is 3. The molecule has 3 heterocycles. The van der Waals surface area contributed by atoms with Crippen LogP contribution < -0.4 is 16.0 Å². The summed E-state index contributed by atoms with van der Waals surface area (Å²) in [5, 5.41) is 11.7.